The van der Waals surface area contributed by atoms with Gasteiger partial charge in [0.1, 0.15) is 0 Å². The minimum atomic E-state index is -0.226. The van der Waals surface area contributed by atoms with Crippen molar-refractivity contribution in [3.05, 3.63) is 0 Å². The molecule has 15 heavy (non-hydrogen) atoms. The van der Waals surface area contributed by atoms with Crippen molar-refractivity contribution >= 4 is 0 Å². The highest BCUT2D eigenvalue weighted by Crippen LogP contribution is 2.65. The SMILES string of the molecule is C[C@@H](O)CNC1CC2CC[C@]1(C)C2(C)C. The Morgan fingerprint density at radius 1 is 1.40 bits per heavy atom. The Hall–Kier alpha value is -0.0800. The molecule has 4 atom stereocenters. The Bertz CT molecular complexity index is 249. The Morgan fingerprint density at radius 3 is 2.47 bits per heavy atom. The van der Waals surface area contributed by atoms with Gasteiger partial charge >= 0.3 is 0 Å². The first-order valence-corrected chi connectivity index (χ1v) is 6.29. The van der Waals surface area contributed by atoms with Gasteiger partial charge in [-0.3, -0.25) is 0 Å². The maximum Gasteiger partial charge on any atom is 0.0636 e. The Kier molecular flexibility index (Phi) is 2.63. The van der Waals surface area contributed by atoms with Crippen LogP contribution < -0.4 is 5.32 Å². The van der Waals surface area contributed by atoms with Gasteiger partial charge in [0.05, 0.1) is 6.10 Å². The molecule has 0 aromatic carbocycles. The van der Waals surface area contributed by atoms with E-state index in [2.05, 4.69) is 26.1 Å². The fraction of sp³-hybridized carbons (Fsp3) is 1.00. The molecule has 0 amide bonds. The van der Waals surface area contributed by atoms with Gasteiger partial charge in [0.2, 0.25) is 0 Å². The normalized spacial score (nSPS) is 44.6. The molecule has 0 aromatic rings. The smallest absolute Gasteiger partial charge is 0.0636 e. The first-order chi connectivity index (χ1) is 6.88. The van der Waals surface area contributed by atoms with Crippen LogP contribution in [0.2, 0.25) is 0 Å². The van der Waals surface area contributed by atoms with E-state index in [0.29, 0.717) is 16.9 Å². The van der Waals surface area contributed by atoms with Crippen LogP contribution in [0.15, 0.2) is 0 Å². The summed E-state index contributed by atoms with van der Waals surface area (Å²) in [6.07, 6.45) is 3.82. The molecule has 2 rings (SSSR count). The van der Waals surface area contributed by atoms with E-state index in [1.165, 1.54) is 19.3 Å². The van der Waals surface area contributed by atoms with Gasteiger partial charge in [-0.25, -0.2) is 0 Å². The Morgan fingerprint density at radius 2 is 2.07 bits per heavy atom. The van der Waals surface area contributed by atoms with Crippen LogP contribution in [0.25, 0.3) is 0 Å². The summed E-state index contributed by atoms with van der Waals surface area (Å²) in [6, 6.07) is 0.612. The van der Waals surface area contributed by atoms with Crippen LogP contribution in [0.3, 0.4) is 0 Å². The number of nitrogens with one attached hydrogen (secondary N) is 1. The van der Waals surface area contributed by atoms with Gasteiger partial charge in [-0.2, -0.15) is 0 Å². The lowest BCUT2D eigenvalue weighted by Crippen LogP contribution is -2.46. The number of rotatable bonds is 3. The van der Waals surface area contributed by atoms with Crippen LogP contribution in [0.5, 0.6) is 0 Å². The van der Waals surface area contributed by atoms with Gasteiger partial charge in [0.25, 0.3) is 0 Å². The van der Waals surface area contributed by atoms with Crippen molar-refractivity contribution < 1.29 is 5.11 Å². The molecule has 2 fully saturated rings. The van der Waals surface area contributed by atoms with Gasteiger partial charge in [-0.1, -0.05) is 20.8 Å². The molecular weight excluding hydrogens is 186 g/mol. The lowest BCUT2D eigenvalue weighted by Gasteiger charge is -2.39. The van der Waals surface area contributed by atoms with E-state index in [4.69, 9.17) is 0 Å². The molecule has 2 saturated carbocycles. The van der Waals surface area contributed by atoms with Crippen molar-refractivity contribution in [3.63, 3.8) is 0 Å². The fourth-order valence-electron chi connectivity index (χ4n) is 3.83. The van der Waals surface area contributed by atoms with Crippen LogP contribution in [0.1, 0.15) is 47.0 Å². The van der Waals surface area contributed by atoms with Gasteiger partial charge in [-0.05, 0) is 42.9 Å². The van der Waals surface area contributed by atoms with Gasteiger partial charge in [0, 0.05) is 12.6 Å². The summed E-state index contributed by atoms with van der Waals surface area (Å²) >= 11 is 0. The second kappa shape index (κ2) is 3.46. The average molecular weight is 211 g/mol. The molecule has 2 N–H and O–H groups in total. The maximum atomic E-state index is 9.33. The highest BCUT2D eigenvalue weighted by Gasteiger charge is 2.60. The van der Waals surface area contributed by atoms with Crippen LogP contribution in [0.4, 0.5) is 0 Å². The van der Waals surface area contributed by atoms with E-state index in [0.717, 1.165) is 12.5 Å². The number of hydrogen-bond acceptors (Lipinski definition) is 2. The lowest BCUT2D eigenvalue weighted by molar-refractivity contribution is 0.109. The lowest BCUT2D eigenvalue weighted by atomic mass is 9.69. The molecule has 0 spiro atoms. The molecule has 2 aliphatic carbocycles. The summed E-state index contributed by atoms with van der Waals surface area (Å²) in [4.78, 5) is 0. The number of aliphatic hydroxyl groups is 1. The molecule has 0 aliphatic heterocycles. The molecule has 0 aromatic heterocycles. The highest BCUT2D eigenvalue weighted by molar-refractivity contribution is 5.12. The predicted octanol–water partition coefficient (Wildman–Crippen LogP) is 2.17. The van der Waals surface area contributed by atoms with Crippen molar-refractivity contribution in [1.82, 2.24) is 5.32 Å². The number of hydrogen-bond donors (Lipinski definition) is 2. The van der Waals surface area contributed by atoms with E-state index in [1.54, 1.807) is 0 Å². The summed E-state index contributed by atoms with van der Waals surface area (Å²) in [5, 5.41) is 12.9. The monoisotopic (exact) mass is 211 g/mol. The van der Waals surface area contributed by atoms with Gasteiger partial charge in [0.15, 0.2) is 0 Å². The van der Waals surface area contributed by atoms with Crippen LogP contribution >= 0.6 is 0 Å². The number of fused-ring (bicyclic) bond motifs is 2. The van der Waals surface area contributed by atoms with Crippen molar-refractivity contribution in [1.29, 1.82) is 0 Å². The van der Waals surface area contributed by atoms with Crippen LogP contribution in [0, 0.1) is 16.7 Å². The van der Waals surface area contributed by atoms with E-state index in [1.807, 2.05) is 6.92 Å². The number of aliphatic hydroxyl groups excluding tert-OH is 1. The van der Waals surface area contributed by atoms with Crippen molar-refractivity contribution in [2.24, 2.45) is 16.7 Å². The van der Waals surface area contributed by atoms with Gasteiger partial charge in [-0.15, -0.1) is 0 Å². The zero-order chi connectivity index (χ0) is 11.3. The van der Waals surface area contributed by atoms with Crippen molar-refractivity contribution in [3.8, 4) is 0 Å². The second-order valence-electron chi connectivity index (χ2n) is 6.42. The molecule has 0 radical (unpaired) electrons. The molecule has 2 aliphatic rings. The molecule has 88 valence electrons. The molecule has 0 saturated heterocycles. The van der Waals surface area contributed by atoms with Crippen molar-refractivity contribution in [2.45, 2.75) is 59.1 Å². The van der Waals surface area contributed by atoms with E-state index in [9.17, 15) is 5.11 Å². The standard InChI is InChI=1S/C13H25NO/c1-9(15)8-14-11-7-10-5-6-13(11,4)12(10,2)3/h9-11,14-15H,5-8H2,1-4H3/t9-,10?,11?,13+/m1/s1. The third-order valence-electron chi connectivity index (χ3n) is 5.45. The summed E-state index contributed by atoms with van der Waals surface area (Å²) in [5.74, 6) is 0.883. The maximum absolute atomic E-state index is 9.33. The Labute approximate surface area is 93.5 Å². The van der Waals surface area contributed by atoms with Crippen LogP contribution in [-0.2, 0) is 0 Å². The largest absolute Gasteiger partial charge is 0.392 e. The van der Waals surface area contributed by atoms with Gasteiger partial charge < -0.3 is 10.4 Å². The highest BCUT2D eigenvalue weighted by atomic mass is 16.3. The zero-order valence-electron chi connectivity index (χ0n) is 10.5. The molecule has 2 unspecified atom stereocenters. The zero-order valence-corrected chi connectivity index (χ0v) is 10.5. The first-order valence-electron chi connectivity index (χ1n) is 6.29. The Balaban J connectivity index is 2.06. The fourth-order valence-corrected chi connectivity index (χ4v) is 3.83. The van der Waals surface area contributed by atoms with Crippen molar-refractivity contribution in [2.75, 3.05) is 6.54 Å². The second-order valence-corrected chi connectivity index (χ2v) is 6.42. The average Bonchev–Trinajstić information content (AvgIpc) is 2.46. The quantitative estimate of drug-likeness (QED) is 0.750. The molecule has 2 nitrogen and oxygen atoms in total. The first kappa shape index (κ1) is 11.4. The summed E-state index contributed by atoms with van der Waals surface area (Å²) in [7, 11) is 0. The molecule has 2 heteroatoms. The third kappa shape index (κ3) is 1.53. The van der Waals surface area contributed by atoms with E-state index >= 15 is 0 Å². The summed E-state index contributed by atoms with van der Waals surface area (Å²) in [6.45, 7) is 9.87. The topological polar surface area (TPSA) is 32.3 Å². The van der Waals surface area contributed by atoms with E-state index in [-0.39, 0.29) is 6.10 Å². The molecular formula is C13H25NO. The van der Waals surface area contributed by atoms with Crippen LogP contribution in [-0.4, -0.2) is 23.8 Å². The third-order valence-corrected chi connectivity index (χ3v) is 5.45. The minimum Gasteiger partial charge on any atom is -0.392 e. The summed E-state index contributed by atoms with van der Waals surface area (Å²) in [5.41, 5.74) is 0.913. The predicted molar refractivity (Wildman–Crippen MR) is 62.7 cm³/mol. The summed E-state index contributed by atoms with van der Waals surface area (Å²) < 4.78 is 0. The minimum absolute atomic E-state index is 0.226. The van der Waals surface area contributed by atoms with E-state index < -0.39 is 0 Å². The molecule has 0 heterocycles. The molecule has 2 bridgehead atoms.